The fraction of sp³-hybridized carbons (Fsp3) is 0.846. The fourth-order valence-corrected chi connectivity index (χ4v) is 1.92. The minimum Gasteiger partial charge on any atom is -0.390 e. The molecule has 5 nitrogen and oxygen atoms in total. The Morgan fingerprint density at radius 1 is 1.28 bits per heavy atom. The molecule has 1 rings (SSSR count). The van der Waals surface area contributed by atoms with E-state index in [1.807, 2.05) is 4.68 Å². The van der Waals surface area contributed by atoms with E-state index in [1.54, 1.807) is 7.11 Å². The number of aliphatic hydroxyl groups excluding tert-OH is 1. The number of nitrogens with zero attached hydrogens (tertiary/aromatic N) is 3. The number of hydrogen-bond donors (Lipinski definition) is 1. The van der Waals surface area contributed by atoms with Crippen molar-refractivity contribution in [3.8, 4) is 0 Å². The highest BCUT2D eigenvalue weighted by Gasteiger charge is 2.16. The molecule has 1 unspecified atom stereocenters. The van der Waals surface area contributed by atoms with Crippen molar-refractivity contribution in [1.82, 2.24) is 15.0 Å². The molecule has 1 heterocycles. The van der Waals surface area contributed by atoms with Crippen LogP contribution < -0.4 is 0 Å². The first-order valence-electron chi connectivity index (χ1n) is 6.62. The number of methoxy groups -OCH3 is 1. The van der Waals surface area contributed by atoms with Crippen LogP contribution in [0.4, 0.5) is 0 Å². The Morgan fingerprint density at radius 3 is 2.56 bits per heavy atom. The summed E-state index contributed by atoms with van der Waals surface area (Å²) < 4.78 is 7.03. The predicted molar refractivity (Wildman–Crippen MR) is 70.3 cm³/mol. The van der Waals surface area contributed by atoms with Gasteiger partial charge in [-0.3, -0.25) is 0 Å². The molecule has 0 saturated heterocycles. The molecule has 0 fully saturated rings. The van der Waals surface area contributed by atoms with E-state index in [0.717, 1.165) is 25.0 Å². The molecule has 1 aromatic heterocycles. The summed E-state index contributed by atoms with van der Waals surface area (Å²) >= 11 is 0. The minimum atomic E-state index is -0.0373. The number of ether oxygens (including phenoxy) is 1. The van der Waals surface area contributed by atoms with Crippen LogP contribution in [0.2, 0.25) is 0 Å². The van der Waals surface area contributed by atoms with Crippen LogP contribution in [0.1, 0.15) is 51.0 Å². The second-order valence-electron chi connectivity index (χ2n) is 5.15. The van der Waals surface area contributed by atoms with Crippen LogP contribution in [0.5, 0.6) is 0 Å². The Balaban J connectivity index is 2.79. The lowest BCUT2D eigenvalue weighted by molar-refractivity contribution is 0.177. The highest BCUT2D eigenvalue weighted by molar-refractivity contribution is 5.10. The first-order valence-corrected chi connectivity index (χ1v) is 6.62. The van der Waals surface area contributed by atoms with Gasteiger partial charge in [0.05, 0.1) is 18.3 Å². The van der Waals surface area contributed by atoms with Gasteiger partial charge in [-0.1, -0.05) is 19.1 Å². The van der Waals surface area contributed by atoms with E-state index >= 15 is 0 Å². The Kier molecular flexibility index (Phi) is 6.29. The van der Waals surface area contributed by atoms with Gasteiger partial charge >= 0.3 is 0 Å². The summed E-state index contributed by atoms with van der Waals surface area (Å²) in [5.41, 5.74) is 1.77. The van der Waals surface area contributed by atoms with Crippen LogP contribution in [0.3, 0.4) is 0 Å². The van der Waals surface area contributed by atoms with Crippen molar-refractivity contribution in [2.24, 2.45) is 5.92 Å². The lowest BCUT2D eigenvalue weighted by atomic mass is 10.0. The molecule has 1 atom stereocenters. The third kappa shape index (κ3) is 4.07. The normalized spacial score (nSPS) is 13.2. The maximum absolute atomic E-state index is 9.31. The molecule has 1 N–H and O–H groups in total. The van der Waals surface area contributed by atoms with E-state index in [-0.39, 0.29) is 12.6 Å². The monoisotopic (exact) mass is 255 g/mol. The summed E-state index contributed by atoms with van der Waals surface area (Å²) in [6.45, 7) is 7.17. The number of aliphatic hydroxyl groups is 1. The molecule has 0 aliphatic rings. The van der Waals surface area contributed by atoms with Crippen LogP contribution in [0.25, 0.3) is 0 Å². The van der Waals surface area contributed by atoms with Gasteiger partial charge < -0.3 is 9.84 Å². The molecular formula is C13H25N3O2. The van der Waals surface area contributed by atoms with Gasteiger partial charge in [0, 0.05) is 13.7 Å². The van der Waals surface area contributed by atoms with E-state index in [1.165, 1.54) is 0 Å². The lowest BCUT2D eigenvalue weighted by Gasteiger charge is -2.15. The molecule has 18 heavy (non-hydrogen) atoms. The summed E-state index contributed by atoms with van der Waals surface area (Å²) in [6.07, 6.45) is 2.90. The molecule has 0 amide bonds. The first kappa shape index (κ1) is 15.1. The molecular weight excluding hydrogens is 230 g/mol. The Labute approximate surface area is 109 Å². The molecule has 0 aliphatic carbocycles. The highest BCUT2D eigenvalue weighted by Crippen LogP contribution is 2.18. The van der Waals surface area contributed by atoms with Crippen LogP contribution >= 0.6 is 0 Å². The van der Waals surface area contributed by atoms with Gasteiger partial charge in [-0.15, -0.1) is 5.10 Å². The summed E-state index contributed by atoms with van der Waals surface area (Å²) in [5, 5.41) is 17.5. The van der Waals surface area contributed by atoms with Gasteiger partial charge in [-0.25, -0.2) is 4.68 Å². The van der Waals surface area contributed by atoms with Crippen LogP contribution in [-0.2, 0) is 17.8 Å². The van der Waals surface area contributed by atoms with Crippen LogP contribution in [0.15, 0.2) is 0 Å². The van der Waals surface area contributed by atoms with Gasteiger partial charge in [-0.05, 0) is 32.1 Å². The maximum Gasteiger partial charge on any atom is 0.111 e. The van der Waals surface area contributed by atoms with Crippen molar-refractivity contribution in [3.63, 3.8) is 0 Å². The maximum atomic E-state index is 9.31. The standard InChI is InChI=1S/C13H25N3O2/c1-10(2)5-6-13-12(9-17)14-15-16(13)11(3)7-8-18-4/h10-11,17H,5-9H2,1-4H3. The summed E-state index contributed by atoms with van der Waals surface area (Å²) in [5.74, 6) is 0.633. The molecule has 0 radical (unpaired) electrons. The number of rotatable bonds is 8. The van der Waals surface area contributed by atoms with E-state index in [2.05, 4.69) is 31.1 Å². The number of aromatic nitrogens is 3. The molecule has 1 aromatic rings. The van der Waals surface area contributed by atoms with Crippen molar-refractivity contribution < 1.29 is 9.84 Å². The SMILES string of the molecule is COCCC(C)n1nnc(CO)c1CCC(C)C. The smallest absolute Gasteiger partial charge is 0.111 e. The summed E-state index contributed by atoms with van der Waals surface area (Å²) in [7, 11) is 1.70. The molecule has 0 saturated carbocycles. The zero-order valence-corrected chi connectivity index (χ0v) is 11.9. The second kappa shape index (κ2) is 7.48. The highest BCUT2D eigenvalue weighted by atomic mass is 16.5. The molecule has 0 aromatic carbocycles. The van der Waals surface area contributed by atoms with Crippen molar-refractivity contribution in [2.75, 3.05) is 13.7 Å². The second-order valence-corrected chi connectivity index (χ2v) is 5.15. The minimum absolute atomic E-state index is 0.0373. The molecule has 104 valence electrons. The third-order valence-corrected chi connectivity index (χ3v) is 3.14. The topological polar surface area (TPSA) is 60.2 Å². The van der Waals surface area contributed by atoms with E-state index in [4.69, 9.17) is 4.74 Å². The Morgan fingerprint density at radius 2 is 2.00 bits per heavy atom. The molecule has 0 bridgehead atoms. The van der Waals surface area contributed by atoms with Crippen LogP contribution in [-0.4, -0.2) is 33.8 Å². The van der Waals surface area contributed by atoms with E-state index in [0.29, 0.717) is 18.2 Å². The average Bonchev–Trinajstić information content (AvgIpc) is 2.76. The van der Waals surface area contributed by atoms with Gasteiger partial charge in [-0.2, -0.15) is 0 Å². The van der Waals surface area contributed by atoms with Crippen LogP contribution in [0, 0.1) is 5.92 Å². The zero-order chi connectivity index (χ0) is 13.5. The molecule has 0 aliphatic heterocycles. The van der Waals surface area contributed by atoms with Gasteiger partial charge in [0.15, 0.2) is 0 Å². The van der Waals surface area contributed by atoms with Gasteiger partial charge in [0.1, 0.15) is 5.69 Å². The zero-order valence-electron chi connectivity index (χ0n) is 11.9. The Bertz CT molecular complexity index is 350. The van der Waals surface area contributed by atoms with E-state index in [9.17, 15) is 5.11 Å². The average molecular weight is 255 g/mol. The Hall–Kier alpha value is -0.940. The number of hydrogen-bond acceptors (Lipinski definition) is 4. The van der Waals surface area contributed by atoms with Gasteiger partial charge in [0.25, 0.3) is 0 Å². The summed E-state index contributed by atoms with van der Waals surface area (Å²) in [6, 6.07) is 0.250. The van der Waals surface area contributed by atoms with Crippen molar-refractivity contribution in [3.05, 3.63) is 11.4 Å². The predicted octanol–water partition coefficient (Wildman–Crippen LogP) is 1.96. The van der Waals surface area contributed by atoms with E-state index < -0.39 is 0 Å². The first-order chi connectivity index (χ1) is 8.60. The third-order valence-electron chi connectivity index (χ3n) is 3.14. The molecule has 5 heteroatoms. The quantitative estimate of drug-likeness (QED) is 0.771. The lowest BCUT2D eigenvalue weighted by Crippen LogP contribution is -2.14. The molecule has 0 spiro atoms. The van der Waals surface area contributed by atoms with Crippen molar-refractivity contribution >= 4 is 0 Å². The largest absolute Gasteiger partial charge is 0.390 e. The summed E-state index contributed by atoms with van der Waals surface area (Å²) in [4.78, 5) is 0. The van der Waals surface area contributed by atoms with Crippen molar-refractivity contribution in [2.45, 2.75) is 52.7 Å². The van der Waals surface area contributed by atoms with Gasteiger partial charge in [0.2, 0.25) is 0 Å². The van der Waals surface area contributed by atoms with Crippen molar-refractivity contribution in [1.29, 1.82) is 0 Å². The fourth-order valence-electron chi connectivity index (χ4n) is 1.92.